The second-order valence-corrected chi connectivity index (χ2v) is 8.58. The number of nitrogens with two attached hydrogens (primary N) is 1. The number of aromatic hydroxyl groups is 1. The maximum Gasteiger partial charge on any atom is 0.204 e. The van der Waals surface area contributed by atoms with Gasteiger partial charge in [-0.1, -0.05) is 12.1 Å². The van der Waals surface area contributed by atoms with E-state index in [0.29, 0.717) is 18.3 Å². The summed E-state index contributed by atoms with van der Waals surface area (Å²) in [6, 6.07) is 10.3. The topological polar surface area (TPSA) is 92.2 Å². The molecule has 1 aliphatic heterocycles. The molecule has 1 aliphatic rings. The molecule has 4 N–H and O–H groups in total. The molecular formula is C23H32N6O. The van der Waals surface area contributed by atoms with Crippen molar-refractivity contribution >= 4 is 17.0 Å². The minimum absolute atomic E-state index is 0.205. The van der Waals surface area contributed by atoms with Gasteiger partial charge in [-0.15, -0.1) is 0 Å². The number of nitrogens with one attached hydrogen (secondary N) is 1. The summed E-state index contributed by atoms with van der Waals surface area (Å²) >= 11 is 0. The molecule has 3 aromatic rings. The zero-order chi connectivity index (χ0) is 21.3. The monoisotopic (exact) mass is 408 g/mol. The van der Waals surface area contributed by atoms with Crippen molar-refractivity contribution in [1.29, 1.82) is 0 Å². The number of imidazole rings is 1. The normalized spacial score (nSPS) is 16.8. The number of hydrogen-bond acceptors (Lipinski definition) is 6. The van der Waals surface area contributed by atoms with E-state index in [1.807, 2.05) is 25.1 Å². The zero-order valence-corrected chi connectivity index (χ0v) is 18.1. The van der Waals surface area contributed by atoms with Gasteiger partial charge in [0.25, 0.3) is 0 Å². The molecule has 1 saturated heterocycles. The zero-order valence-electron chi connectivity index (χ0n) is 18.1. The van der Waals surface area contributed by atoms with Crippen molar-refractivity contribution in [3.8, 4) is 5.75 Å². The van der Waals surface area contributed by atoms with E-state index >= 15 is 0 Å². The number of hydrogen-bond donors (Lipinski definition) is 3. The van der Waals surface area contributed by atoms with Crippen molar-refractivity contribution in [2.75, 3.05) is 25.0 Å². The average molecular weight is 409 g/mol. The highest BCUT2D eigenvalue weighted by atomic mass is 16.3. The molecule has 0 amide bonds. The molecule has 160 valence electrons. The lowest BCUT2D eigenvalue weighted by atomic mass is 10.0. The van der Waals surface area contributed by atoms with Gasteiger partial charge in [-0.25, -0.2) is 4.98 Å². The third kappa shape index (κ3) is 4.42. The summed E-state index contributed by atoms with van der Waals surface area (Å²) in [5.41, 5.74) is 10.7. The Morgan fingerprint density at radius 2 is 1.93 bits per heavy atom. The first-order chi connectivity index (χ1) is 14.4. The number of pyridine rings is 1. The summed E-state index contributed by atoms with van der Waals surface area (Å²) in [7, 11) is 0. The van der Waals surface area contributed by atoms with Crippen molar-refractivity contribution in [1.82, 2.24) is 19.4 Å². The van der Waals surface area contributed by atoms with E-state index in [-0.39, 0.29) is 11.8 Å². The van der Waals surface area contributed by atoms with Crippen LogP contribution in [0.5, 0.6) is 5.75 Å². The first-order valence-corrected chi connectivity index (χ1v) is 10.8. The number of benzene rings is 1. The molecular weight excluding hydrogens is 376 g/mol. The number of anilines is 1. The summed E-state index contributed by atoms with van der Waals surface area (Å²) in [6.07, 6.45) is 2.12. The summed E-state index contributed by atoms with van der Waals surface area (Å²) in [5.74, 6) is 1.05. The van der Waals surface area contributed by atoms with Gasteiger partial charge in [0.15, 0.2) is 0 Å². The van der Waals surface area contributed by atoms with Crippen LogP contribution in [-0.2, 0) is 6.54 Å². The molecule has 30 heavy (non-hydrogen) atoms. The SMILES string of the molecule is Cc1ccc(O)c(Cn2c(NC3CCN(CC(C)N)CC3)nc3cccc(C)c32)n1. The molecule has 1 unspecified atom stereocenters. The third-order valence-corrected chi connectivity index (χ3v) is 5.83. The van der Waals surface area contributed by atoms with Gasteiger partial charge in [0.2, 0.25) is 5.95 Å². The van der Waals surface area contributed by atoms with Gasteiger partial charge < -0.3 is 25.6 Å². The number of para-hydroxylation sites is 1. The highest BCUT2D eigenvalue weighted by molar-refractivity contribution is 5.82. The second kappa shape index (κ2) is 8.62. The number of aryl methyl sites for hydroxylation is 2. The van der Waals surface area contributed by atoms with E-state index in [9.17, 15) is 5.11 Å². The fourth-order valence-corrected chi connectivity index (χ4v) is 4.35. The van der Waals surface area contributed by atoms with Crippen LogP contribution in [0.15, 0.2) is 30.3 Å². The number of aromatic nitrogens is 3. The Bertz CT molecular complexity index is 1020. The lowest BCUT2D eigenvalue weighted by Gasteiger charge is -2.33. The van der Waals surface area contributed by atoms with Crippen molar-refractivity contribution in [2.45, 2.75) is 52.2 Å². The predicted octanol–water partition coefficient (Wildman–Crippen LogP) is 3.03. The van der Waals surface area contributed by atoms with Crippen LogP contribution in [0.25, 0.3) is 11.0 Å². The first kappa shape index (κ1) is 20.6. The van der Waals surface area contributed by atoms with Crippen LogP contribution >= 0.6 is 0 Å². The van der Waals surface area contributed by atoms with Crippen molar-refractivity contribution < 1.29 is 5.11 Å². The maximum atomic E-state index is 10.4. The van der Waals surface area contributed by atoms with Gasteiger partial charge in [-0.2, -0.15) is 0 Å². The molecule has 0 radical (unpaired) electrons. The third-order valence-electron chi connectivity index (χ3n) is 5.83. The van der Waals surface area contributed by atoms with Crippen molar-refractivity contribution in [3.05, 3.63) is 47.3 Å². The minimum Gasteiger partial charge on any atom is -0.506 e. The molecule has 2 aromatic heterocycles. The Kier molecular flexibility index (Phi) is 5.92. The molecule has 0 aliphatic carbocycles. The molecule has 3 heterocycles. The Labute approximate surface area is 177 Å². The summed E-state index contributed by atoms with van der Waals surface area (Å²) in [4.78, 5) is 11.9. The van der Waals surface area contributed by atoms with Crippen molar-refractivity contribution in [2.24, 2.45) is 5.73 Å². The molecule has 0 bridgehead atoms. The van der Waals surface area contributed by atoms with Crippen LogP contribution in [0.2, 0.25) is 0 Å². The maximum absolute atomic E-state index is 10.4. The van der Waals surface area contributed by atoms with Gasteiger partial charge in [0.1, 0.15) is 11.4 Å². The summed E-state index contributed by atoms with van der Waals surface area (Å²) in [6.45, 7) is 9.60. The first-order valence-electron chi connectivity index (χ1n) is 10.8. The van der Waals surface area contributed by atoms with E-state index in [1.54, 1.807) is 6.07 Å². The molecule has 7 heteroatoms. The van der Waals surface area contributed by atoms with Crippen LogP contribution in [0.4, 0.5) is 5.95 Å². The van der Waals surface area contributed by atoms with Crippen LogP contribution in [0, 0.1) is 13.8 Å². The van der Waals surface area contributed by atoms with E-state index in [0.717, 1.165) is 60.7 Å². The molecule has 1 aromatic carbocycles. The molecule has 0 spiro atoms. The Balaban J connectivity index is 1.61. The number of piperidine rings is 1. The summed E-state index contributed by atoms with van der Waals surface area (Å²) in [5, 5.41) is 14.0. The molecule has 0 saturated carbocycles. The Hall–Kier alpha value is -2.64. The van der Waals surface area contributed by atoms with Gasteiger partial charge in [-0.05, 0) is 57.4 Å². The fraction of sp³-hybridized carbons (Fsp3) is 0.478. The van der Waals surface area contributed by atoms with Crippen LogP contribution in [0.1, 0.15) is 36.7 Å². The molecule has 1 fully saturated rings. The standard InChI is InChI=1S/C23H32N6O/c1-15-5-4-6-19-22(15)29(14-20-21(30)8-7-17(3)25-20)23(27-19)26-18-9-11-28(12-10-18)13-16(2)24/h4-8,16,18,30H,9-14,24H2,1-3H3,(H,26,27). The Morgan fingerprint density at radius 1 is 1.17 bits per heavy atom. The minimum atomic E-state index is 0.205. The number of fused-ring (bicyclic) bond motifs is 1. The van der Waals surface area contributed by atoms with Crippen LogP contribution in [-0.4, -0.2) is 56.3 Å². The quantitative estimate of drug-likeness (QED) is 0.581. The number of likely N-dealkylation sites (tertiary alicyclic amines) is 1. The van der Waals surface area contributed by atoms with Gasteiger partial charge in [0, 0.05) is 37.4 Å². The highest BCUT2D eigenvalue weighted by Gasteiger charge is 2.22. The smallest absolute Gasteiger partial charge is 0.204 e. The van der Waals surface area contributed by atoms with Crippen LogP contribution < -0.4 is 11.1 Å². The highest BCUT2D eigenvalue weighted by Crippen LogP contribution is 2.27. The second-order valence-electron chi connectivity index (χ2n) is 8.58. The predicted molar refractivity (Wildman–Crippen MR) is 121 cm³/mol. The largest absolute Gasteiger partial charge is 0.506 e. The van der Waals surface area contributed by atoms with E-state index in [1.165, 1.54) is 0 Å². The van der Waals surface area contributed by atoms with E-state index < -0.39 is 0 Å². The Morgan fingerprint density at radius 3 is 2.67 bits per heavy atom. The molecule has 1 atom stereocenters. The van der Waals surface area contributed by atoms with Crippen molar-refractivity contribution in [3.63, 3.8) is 0 Å². The van der Waals surface area contributed by atoms with Gasteiger partial charge >= 0.3 is 0 Å². The summed E-state index contributed by atoms with van der Waals surface area (Å²) < 4.78 is 2.15. The fourth-order valence-electron chi connectivity index (χ4n) is 4.35. The lowest BCUT2D eigenvalue weighted by Crippen LogP contribution is -2.44. The van der Waals surface area contributed by atoms with Crippen LogP contribution in [0.3, 0.4) is 0 Å². The average Bonchev–Trinajstić information content (AvgIpc) is 3.04. The lowest BCUT2D eigenvalue weighted by molar-refractivity contribution is 0.210. The molecule has 4 rings (SSSR count). The number of nitrogens with zero attached hydrogens (tertiary/aromatic N) is 4. The van der Waals surface area contributed by atoms with E-state index in [4.69, 9.17) is 10.7 Å². The van der Waals surface area contributed by atoms with Gasteiger partial charge in [0.05, 0.1) is 17.6 Å². The van der Waals surface area contributed by atoms with Gasteiger partial charge in [-0.3, -0.25) is 4.98 Å². The van der Waals surface area contributed by atoms with E-state index in [2.05, 4.69) is 39.7 Å². The molecule has 7 nitrogen and oxygen atoms in total. The number of rotatable bonds is 6.